The summed E-state index contributed by atoms with van der Waals surface area (Å²) in [6, 6.07) is 5.69. The number of aliphatic carboxylic acids is 1. The van der Waals surface area contributed by atoms with E-state index in [0.717, 1.165) is 12.8 Å². The van der Waals surface area contributed by atoms with Crippen molar-refractivity contribution in [3.63, 3.8) is 0 Å². The van der Waals surface area contributed by atoms with Gasteiger partial charge in [0.05, 0.1) is 18.6 Å². The summed E-state index contributed by atoms with van der Waals surface area (Å²) in [7, 11) is 0. The molecular formula is C17H24NO4-. The number of nitrogens with one attached hydrogen (secondary N) is 1. The Morgan fingerprint density at radius 2 is 1.86 bits per heavy atom. The van der Waals surface area contributed by atoms with Crippen LogP contribution in [-0.2, 0) is 4.79 Å². The lowest BCUT2D eigenvalue weighted by molar-refractivity contribution is -0.308. The summed E-state index contributed by atoms with van der Waals surface area (Å²) >= 11 is 0. The summed E-state index contributed by atoms with van der Waals surface area (Å²) in [6.07, 6.45) is 2.37. The van der Waals surface area contributed by atoms with E-state index < -0.39 is 17.9 Å². The van der Waals surface area contributed by atoms with Gasteiger partial charge in [-0.15, -0.1) is 0 Å². The molecule has 1 rings (SSSR count). The van der Waals surface area contributed by atoms with Gasteiger partial charge in [0.15, 0.2) is 0 Å². The van der Waals surface area contributed by atoms with Crippen LogP contribution in [0.25, 0.3) is 0 Å². The molecule has 1 aromatic rings. The molecule has 0 aliphatic rings. The second-order valence-corrected chi connectivity index (χ2v) is 5.70. The van der Waals surface area contributed by atoms with Gasteiger partial charge >= 0.3 is 0 Å². The van der Waals surface area contributed by atoms with Gasteiger partial charge in [0.25, 0.3) is 5.91 Å². The predicted molar refractivity (Wildman–Crippen MR) is 82.6 cm³/mol. The van der Waals surface area contributed by atoms with E-state index in [1.807, 2.05) is 13.8 Å². The largest absolute Gasteiger partial charge is 0.548 e. The van der Waals surface area contributed by atoms with Gasteiger partial charge in [-0.1, -0.05) is 27.2 Å². The molecule has 0 saturated heterocycles. The Kier molecular flexibility index (Phi) is 7.43. The van der Waals surface area contributed by atoms with Crippen molar-refractivity contribution in [3.05, 3.63) is 29.8 Å². The average Bonchev–Trinajstić information content (AvgIpc) is 2.47. The van der Waals surface area contributed by atoms with E-state index in [2.05, 4.69) is 12.2 Å². The minimum absolute atomic E-state index is 0.151. The van der Waals surface area contributed by atoms with Gasteiger partial charge in [-0.25, -0.2) is 0 Å². The summed E-state index contributed by atoms with van der Waals surface area (Å²) in [5.41, 5.74) is 0.401. The maximum Gasteiger partial charge on any atom is 0.251 e. The van der Waals surface area contributed by atoms with Crippen LogP contribution in [0.3, 0.4) is 0 Å². The fourth-order valence-electron chi connectivity index (χ4n) is 1.96. The molecule has 0 spiro atoms. The van der Waals surface area contributed by atoms with E-state index in [4.69, 9.17) is 4.74 Å². The van der Waals surface area contributed by atoms with E-state index >= 15 is 0 Å². The van der Waals surface area contributed by atoms with Gasteiger partial charge in [0.1, 0.15) is 5.75 Å². The van der Waals surface area contributed by atoms with Crippen molar-refractivity contribution >= 4 is 11.9 Å². The fourth-order valence-corrected chi connectivity index (χ4v) is 1.96. The SMILES string of the molecule is CCCCOc1ccc(C(=O)N[C@@H](CC(C)C)C(=O)[O-])cc1. The number of rotatable bonds is 9. The van der Waals surface area contributed by atoms with Crippen molar-refractivity contribution < 1.29 is 19.4 Å². The van der Waals surface area contributed by atoms with Gasteiger partial charge in [0, 0.05) is 5.56 Å². The van der Waals surface area contributed by atoms with E-state index in [1.54, 1.807) is 24.3 Å². The third kappa shape index (κ3) is 6.16. The number of benzene rings is 1. The number of hydrogen-bond acceptors (Lipinski definition) is 4. The first-order chi connectivity index (χ1) is 10.4. The predicted octanol–water partition coefficient (Wildman–Crippen LogP) is 1.76. The second-order valence-electron chi connectivity index (χ2n) is 5.70. The Bertz CT molecular complexity index is 482. The van der Waals surface area contributed by atoms with Crippen molar-refractivity contribution in [1.82, 2.24) is 5.32 Å². The molecule has 1 amide bonds. The molecule has 5 nitrogen and oxygen atoms in total. The first-order valence-corrected chi connectivity index (χ1v) is 7.68. The van der Waals surface area contributed by atoms with Crippen LogP contribution < -0.4 is 15.2 Å². The van der Waals surface area contributed by atoms with Gasteiger partial charge in [-0.05, 0) is 43.0 Å². The fraction of sp³-hybridized carbons (Fsp3) is 0.529. The minimum Gasteiger partial charge on any atom is -0.548 e. The van der Waals surface area contributed by atoms with Crippen LogP contribution in [0.4, 0.5) is 0 Å². The number of carboxylic acids is 1. The molecule has 0 unspecified atom stereocenters. The molecular weight excluding hydrogens is 282 g/mol. The van der Waals surface area contributed by atoms with Crippen LogP contribution in [0, 0.1) is 5.92 Å². The number of carbonyl (C=O) groups is 2. The summed E-state index contributed by atoms with van der Waals surface area (Å²) in [4.78, 5) is 23.1. The quantitative estimate of drug-likeness (QED) is 0.705. The zero-order valence-electron chi connectivity index (χ0n) is 13.4. The van der Waals surface area contributed by atoms with E-state index in [0.29, 0.717) is 24.3 Å². The highest BCUT2D eigenvalue weighted by Crippen LogP contribution is 2.13. The number of ether oxygens (including phenoxy) is 1. The van der Waals surface area contributed by atoms with Crippen LogP contribution in [0.1, 0.15) is 50.4 Å². The topological polar surface area (TPSA) is 78.5 Å². The van der Waals surface area contributed by atoms with Gasteiger partial charge in [-0.2, -0.15) is 0 Å². The van der Waals surface area contributed by atoms with Crippen molar-refractivity contribution in [2.45, 2.75) is 46.1 Å². The molecule has 0 saturated carbocycles. The molecule has 0 bridgehead atoms. The molecule has 1 aromatic carbocycles. The lowest BCUT2D eigenvalue weighted by Gasteiger charge is -2.21. The molecule has 1 N–H and O–H groups in total. The molecule has 0 fully saturated rings. The molecule has 0 aliphatic heterocycles. The van der Waals surface area contributed by atoms with Gasteiger partial charge in [0.2, 0.25) is 0 Å². The third-order valence-electron chi connectivity index (χ3n) is 3.18. The van der Waals surface area contributed by atoms with Crippen molar-refractivity contribution in [3.8, 4) is 5.75 Å². The molecule has 0 aromatic heterocycles. The zero-order valence-corrected chi connectivity index (χ0v) is 13.4. The lowest BCUT2D eigenvalue weighted by atomic mass is 10.0. The van der Waals surface area contributed by atoms with Crippen LogP contribution in [-0.4, -0.2) is 24.5 Å². The van der Waals surface area contributed by atoms with Crippen LogP contribution in [0.2, 0.25) is 0 Å². The summed E-state index contributed by atoms with van der Waals surface area (Å²) in [6.45, 7) is 6.51. The van der Waals surface area contributed by atoms with Crippen LogP contribution in [0.5, 0.6) is 5.75 Å². The van der Waals surface area contributed by atoms with E-state index in [1.165, 1.54) is 0 Å². The van der Waals surface area contributed by atoms with Crippen molar-refractivity contribution in [1.29, 1.82) is 0 Å². The number of carbonyl (C=O) groups excluding carboxylic acids is 2. The Morgan fingerprint density at radius 3 is 2.36 bits per heavy atom. The Hall–Kier alpha value is -2.04. The highest BCUT2D eigenvalue weighted by Gasteiger charge is 2.16. The third-order valence-corrected chi connectivity index (χ3v) is 3.18. The lowest BCUT2D eigenvalue weighted by Crippen LogP contribution is -2.48. The summed E-state index contributed by atoms with van der Waals surface area (Å²) in [5.74, 6) is -0.835. The summed E-state index contributed by atoms with van der Waals surface area (Å²) < 4.78 is 5.52. The molecule has 22 heavy (non-hydrogen) atoms. The monoisotopic (exact) mass is 306 g/mol. The standard InChI is InChI=1S/C17H25NO4/c1-4-5-10-22-14-8-6-13(7-9-14)16(19)18-15(17(20)21)11-12(2)3/h6-9,12,15H,4-5,10-11H2,1-3H3,(H,18,19)(H,20,21)/p-1/t15-/m0/s1. The van der Waals surface area contributed by atoms with Crippen molar-refractivity contribution in [2.75, 3.05) is 6.61 Å². The Balaban J connectivity index is 2.62. The molecule has 0 heterocycles. The maximum atomic E-state index is 12.1. The first-order valence-electron chi connectivity index (χ1n) is 7.68. The Morgan fingerprint density at radius 1 is 1.23 bits per heavy atom. The van der Waals surface area contributed by atoms with Crippen LogP contribution >= 0.6 is 0 Å². The number of carboxylic acid groups (broad SMARTS) is 1. The molecule has 122 valence electrons. The van der Waals surface area contributed by atoms with Crippen LogP contribution in [0.15, 0.2) is 24.3 Å². The Labute approximate surface area is 131 Å². The highest BCUT2D eigenvalue weighted by atomic mass is 16.5. The minimum atomic E-state index is -1.26. The molecule has 0 radical (unpaired) electrons. The molecule has 5 heteroatoms. The second kappa shape index (κ2) is 9.07. The number of hydrogen-bond donors (Lipinski definition) is 1. The normalized spacial score (nSPS) is 12.0. The van der Waals surface area contributed by atoms with Crippen molar-refractivity contribution in [2.24, 2.45) is 5.92 Å². The molecule has 0 aliphatic carbocycles. The van der Waals surface area contributed by atoms with E-state index in [9.17, 15) is 14.7 Å². The highest BCUT2D eigenvalue weighted by molar-refractivity contribution is 5.96. The molecule has 1 atom stereocenters. The zero-order chi connectivity index (χ0) is 16.5. The van der Waals surface area contributed by atoms with Gasteiger partial charge < -0.3 is 20.0 Å². The number of amides is 1. The van der Waals surface area contributed by atoms with E-state index in [-0.39, 0.29) is 5.92 Å². The van der Waals surface area contributed by atoms with Gasteiger partial charge in [-0.3, -0.25) is 4.79 Å². The summed E-state index contributed by atoms with van der Waals surface area (Å²) in [5, 5.41) is 13.6. The maximum absolute atomic E-state index is 12.1. The first kappa shape index (κ1) is 18.0. The number of unbranched alkanes of at least 4 members (excludes halogenated alkanes) is 1. The smallest absolute Gasteiger partial charge is 0.251 e. The average molecular weight is 306 g/mol.